The maximum atomic E-state index is 2.41. The molecule has 0 nitrogen and oxygen atoms in total. The van der Waals surface area contributed by atoms with E-state index in [2.05, 4.69) is 34.6 Å². The van der Waals surface area contributed by atoms with Crippen molar-refractivity contribution in [2.45, 2.75) is 66.7 Å². The maximum absolute atomic E-state index is 2.41. The van der Waals surface area contributed by atoms with Gasteiger partial charge in [0.05, 0.1) is 0 Å². The molecule has 0 fully saturated rings. The smallest absolute Gasteiger partial charge is 0.0417 e. The van der Waals surface area contributed by atoms with Crippen molar-refractivity contribution in [2.75, 3.05) is 0 Å². The van der Waals surface area contributed by atoms with E-state index in [0.717, 1.165) is 17.8 Å². The first kappa shape index (κ1) is 13.0. The van der Waals surface area contributed by atoms with Crippen LogP contribution in [0.3, 0.4) is 0 Å². The van der Waals surface area contributed by atoms with Crippen LogP contribution in [0.1, 0.15) is 66.7 Å². The van der Waals surface area contributed by atoms with E-state index < -0.39 is 0 Å². The minimum atomic E-state index is 0.911. The number of rotatable bonds is 7. The monoisotopic (exact) mass is 184 g/mol. The third-order valence-corrected chi connectivity index (χ3v) is 3.51. The fourth-order valence-corrected chi connectivity index (χ4v) is 1.87. The molecule has 0 aliphatic heterocycles. The third kappa shape index (κ3) is 6.12. The Hall–Kier alpha value is 0. The van der Waals surface area contributed by atoms with Gasteiger partial charge >= 0.3 is 0 Å². The Bertz CT molecular complexity index is 107. The molecule has 3 unspecified atom stereocenters. The lowest BCUT2D eigenvalue weighted by atomic mass is 9.86. The normalized spacial score (nSPS) is 18.2. The van der Waals surface area contributed by atoms with E-state index in [0.29, 0.717) is 0 Å². The Morgan fingerprint density at radius 1 is 0.769 bits per heavy atom. The second-order valence-electron chi connectivity index (χ2n) is 4.83. The zero-order valence-corrected chi connectivity index (χ0v) is 10.3. The van der Waals surface area contributed by atoms with Crippen molar-refractivity contribution in [1.29, 1.82) is 0 Å². The molecule has 0 spiro atoms. The summed E-state index contributed by atoms with van der Waals surface area (Å²) in [7, 11) is 0. The van der Waals surface area contributed by atoms with Crippen LogP contribution in [0.4, 0.5) is 0 Å². The fourth-order valence-electron chi connectivity index (χ4n) is 1.87. The minimum absolute atomic E-state index is 0.911. The minimum Gasteiger partial charge on any atom is -0.0654 e. The highest BCUT2D eigenvalue weighted by Gasteiger charge is 2.11. The summed E-state index contributed by atoms with van der Waals surface area (Å²) >= 11 is 0. The summed E-state index contributed by atoms with van der Waals surface area (Å²) in [6.45, 7) is 11.8. The predicted molar refractivity (Wildman–Crippen MR) is 61.9 cm³/mol. The van der Waals surface area contributed by atoms with Crippen LogP contribution in [0.2, 0.25) is 0 Å². The molecule has 13 heavy (non-hydrogen) atoms. The molecular formula is C13H28. The lowest BCUT2D eigenvalue weighted by Crippen LogP contribution is -2.08. The van der Waals surface area contributed by atoms with Crippen LogP contribution in [-0.2, 0) is 0 Å². The van der Waals surface area contributed by atoms with E-state index in [1.165, 1.54) is 32.1 Å². The molecule has 3 atom stereocenters. The standard InChI is InChI=1S/C13H28/c1-6-8-11(3)9-10-13(5)12(4)7-2/h11-13H,6-10H2,1-5H3. The largest absolute Gasteiger partial charge is 0.0654 e. The summed E-state index contributed by atoms with van der Waals surface area (Å²) in [5.41, 5.74) is 0. The first-order valence-electron chi connectivity index (χ1n) is 6.11. The van der Waals surface area contributed by atoms with Crippen LogP contribution >= 0.6 is 0 Å². The van der Waals surface area contributed by atoms with Crippen molar-refractivity contribution >= 4 is 0 Å². The van der Waals surface area contributed by atoms with Crippen molar-refractivity contribution in [3.63, 3.8) is 0 Å². The van der Waals surface area contributed by atoms with Gasteiger partial charge in [0.25, 0.3) is 0 Å². The Morgan fingerprint density at radius 2 is 1.38 bits per heavy atom. The molecule has 0 bridgehead atoms. The van der Waals surface area contributed by atoms with E-state index >= 15 is 0 Å². The van der Waals surface area contributed by atoms with Gasteiger partial charge in [-0.2, -0.15) is 0 Å². The SMILES string of the molecule is CCCC(C)CCC(C)C(C)CC. The third-order valence-electron chi connectivity index (χ3n) is 3.51. The van der Waals surface area contributed by atoms with E-state index in [-0.39, 0.29) is 0 Å². The molecule has 0 aromatic rings. The van der Waals surface area contributed by atoms with E-state index in [1.54, 1.807) is 0 Å². The van der Waals surface area contributed by atoms with Gasteiger partial charge in [-0.15, -0.1) is 0 Å². The Morgan fingerprint density at radius 3 is 1.85 bits per heavy atom. The van der Waals surface area contributed by atoms with Gasteiger partial charge < -0.3 is 0 Å². The quantitative estimate of drug-likeness (QED) is 0.528. The van der Waals surface area contributed by atoms with Gasteiger partial charge in [0.1, 0.15) is 0 Å². The van der Waals surface area contributed by atoms with Gasteiger partial charge in [-0.25, -0.2) is 0 Å². The van der Waals surface area contributed by atoms with Crippen molar-refractivity contribution in [3.05, 3.63) is 0 Å². The molecule has 0 heterocycles. The average molecular weight is 184 g/mol. The van der Waals surface area contributed by atoms with Gasteiger partial charge in [-0.3, -0.25) is 0 Å². The summed E-state index contributed by atoms with van der Waals surface area (Å²) in [6, 6.07) is 0. The van der Waals surface area contributed by atoms with Gasteiger partial charge in [0.2, 0.25) is 0 Å². The predicted octanol–water partition coefficient (Wildman–Crippen LogP) is 4.89. The number of hydrogen-bond acceptors (Lipinski definition) is 0. The topological polar surface area (TPSA) is 0 Å². The molecule has 0 aromatic heterocycles. The first-order chi connectivity index (χ1) is 6.11. The Kier molecular flexibility index (Phi) is 7.41. The summed E-state index contributed by atoms with van der Waals surface area (Å²) in [4.78, 5) is 0. The van der Waals surface area contributed by atoms with Crippen LogP contribution in [0, 0.1) is 17.8 Å². The summed E-state index contributed by atoms with van der Waals surface area (Å²) in [6.07, 6.45) is 6.95. The molecule has 0 aromatic carbocycles. The van der Waals surface area contributed by atoms with E-state index in [1.807, 2.05) is 0 Å². The van der Waals surface area contributed by atoms with Crippen molar-refractivity contribution in [1.82, 2.24) is 0 Å². The molecule has 0 aliphatic rings. The van der Waals surface area contributed by atoms with Crippen molar-refractivity contribution in [2.24, 2.45) is 17.8 Å². The van der Waals surface area contributed by atoms with Crippen LogP contribution in [0.25, 0.3) is 0 Å². The van der Waals surface area contributed by atoms with Gasteiger partial charge in [-0.05, 0) is 17.8 Å². The summed E-state index contributed by atoms with van der Waals surface area (Å²) in [5, 5.41) is 0. The Balaban J connectivity index is 3.50. The second kappa shape index (κ2) is 7.41. The van der Waals surface area contributed by atoms with Crippen LogP contribution in [0.5, 0.6) is 0 Å². The molecule has 0 saturated carbocycles. The van der Waals surface area contributed by atoms with Gasteiger partial charge in [0.15, 0.2) is 0 Å². The van der Waals surface area contributed by atoms with Crippen molar-refractivity contribution in [3.8, 4) is 0 Å². The highest BCUT2D eigenvalue weighted by atomic mass is 14.2. The molecular weight excluding hydrogens is 156 g/mol. The molecule has 0 N–H and O–H groups in total. The van der Waals surface area contributed by atoms with Gasteiger partial charge in [-0.1, -0.05) is 66.7 Å². The average Bonchev–Trinajstić information content (AvgIpc) is 2.13. The summed E-state index contributed by atoms with van der Waals surface area (Å²) < 4.78 is 0. The Labute approximate surface area is 85.1 Å². The molecule has 0 aliphatic carbocycles. The lowest BCUT2D eigenvalue weighted by molar-refractivity contribution is 0.318. The highest BCUT2D eigenvalue weighted by Crippen LogP contribution is 2.23. The molecule has 0 amide bonds. The fraction of sp³-hybridized carbons (Fsp3) is 1.00. The molecule has 0 saturated heterocycles. The van der Waals surface area contributed by atoms with Crippen LogP contribution in [-0.4, -0.2) is 0 Å². The lowest BCUT2D eigenvalue weighted by Gasteiger charge is -2.20. The zero-order chi connectivity index (χ0) is 10.3. The maximum Gasteiger partial charge on any atom is -0.0417 e. The molecule has 0 radical (unpaired) electrons. The van der Waals surface area contributed by atoms with E-state index in [9.17, 15) is 0 Å². The molecule has 0 rings (SSSR count). The number of hydrogen-bond donors (Lipinski definition) is 0. The van der Waals surface area contributed by atoms with Crippen LogP contribution in [0.15, 0.2) is 0 Å². The van der Waals surface area contributed by atoms with Gasteiger partial charge in [0, 0.05) is 0 Å². The van der Waals surface area contributed by atoms with Crippen molar-refractivity contribution < 1.29 is 0 Å². The molecule has 80 valence electrons. The van der Waals surface area contributed by atoms with Crippen LogP contribution < -0.4 is 0 Å². The van der Waals surface area contributed by atoms with E-state index in [4.69, 9.17) is 0 Å². The summed E-state index contributed by atoms with van der Waals surface area (Å²) in [5.74, 6) is 2.77. The zero-order valence-electron chi connectivity index (χ0n) is 10.3. The first-order valence-corrected chi connectivity index (χ1v) is 6.11. The highest BCUT2D eigenvalue weighted by molar-refractivity contribution is 4.62. The second-order valence-corrected chi connectivity index (χ2v) is 4.83. The molecule has 0 heteroatoms.